The number of halogens is 1. The van der Waals surface area contributed by atoms with Crippen molar-refractivity contribution < 1.29 is 23.3 Å². The molecule has 11 heteroatoms. The van der Waals surface area contributed by atoms with Crippen molar-refractivity contribution in [2.24, 2.45) is 4.36 Å². The van der Waals surface area contributed by atoms with E-state index in [0.29, 0.717) is 34.1 Å². The summed E-state index contributed by atoms with van der Waals surface area (Å²) in [5, 5.41) is 5.14. The lowest BCUT2D eigenvalue weighted by molar-refractivity contribution is 0.100. The van der Waals surface area contributed by atoms with Gasteiger partial charge in [0.15, 0.2) is 0 Å². The molecule has 0 spiro atoms. The van der Waals surface area contributed by atoms with Crippen LogP contribution in [0, 0.1) is 12.7 Å². The largest absolute Gasteiger partial charge is 0.457 e. The molecule has 0 saturated carbocycles. The first-order chi connectivity index (χ1) is 17.6. The summed E-state index contributed by atoms with van der Waals surface area (Å²) in [4.78, 5) is 31.8. The highest BCUT2D eigenvalue weighted by Gasteiger charge is 2.12. The second kappa shape index (κ2) is 10.7. The molecule has 2 aromatic heterocycles. The third kappa shape index (κ3) is 7.09. The third-order valence-electron chi connectivity index (χ3n) is 4.99. The Bertz CT molecular complexity index is 1500. The van der Waals surface area contributed by atoms with Crippen LogP contribution in [-0.4, -0.2) is 39.0 Å². The molecule has 4 N–H and O–H groups in total. The van der Waals surface area contributed by atoms with Crippen LogP contribution in [-0.2, 0) is 10.1 Å². The van der Waals surface area contributed by atoms with Gasteiger partial charge in [-0.05, 0) is 73.5 Å². The minimum absolute atomic E-state index is 0.0950. The predicted molar refractivity (Wildman–Crippen MR) is 144 cm³/mol. The van der Waals surface area contributed by atoms with Crippen LogP contribution in [0.5, 0.6) is 11.5 Å². The van der Waals surface area contributed by atoms with Gasteiger partial charge in [0.2, 0.25) is 0 Å². The van der Waals surface area contributed by atoms with Crippen LogP contribution >= 0.6 is 0 Å². The number of hydrogen-bond donors (Lipinski definition) is 5. The van der Waals surface area contributed by atoms with Gasteiger partial charge >= 0.3 is 6.03 Å². The smallest absolute Gasteiger partial charge is 0.323 e. The van der Waals surface area contributed by atoms with Crippen LogP contribution in [0.3, 0.4) is 0 Å². The fourth-order valence-electron chi connectivity index (χ4n) is 3.33. The molecule has 4 rings (SSSR count). The van der Waals surface area contributed by atoms with Gasteiger partial charge in [0.1, 0.15) is 17.3 Å². The number of urea groups is 1. The summed E-state index contributed by atoms with van der Waals surface area (Å²) in [6, 6.07) is 15.6. The topological polar surface area (TPSA) is 129 Å². The first kappa shape index (κ1) is 25.7. The van der Waals surface area contributed by atoms with E-state index < -0.39 is 27.9 Å². The number of anilines is 2. The number of pyridine rings is 1. The highest BCUT2D eigenvalue weighted by Crippen LogP contribution is 2.27. The Morgan fingerprint density at radius 1 is 1.03 bits per heavy atom. The summed E-state index contributed by atoms with van der Waals surface area (Å²) in [6.07, 6.45) is 6.15. The average Bonchev–Trinajstić information content (AvgIpc) is 3.33. The standard InChI is InChI=1S/C26H26FN5O4S/c1-16-4-9-21(27)22(12-16)31-26(34)30-18-5-7-19(8-6-18)36-20-10-11-28-24(14-20)23-13-17(15-29-23)25(33)32-37(2,3)35/h4-15,29,37H,1-3H3,(H2,30,31,34)(H,32,33,35). The highest BCUT2D eigenvalue weighted by atomic mass is 32.3. The van der Waals surface area contributed by atoms with Gasteiger partial charge in [0, 0.05) is 24.1 Å². The molecular weight excluding hydrogens is 497 g/mol. The van der Waals surface area contributed by atoms with Crippen LogP contribution in [0.4, 0.5) is 20.6 Å². The lowest BCUT2D eigenvalue weighted by Gasteiger charge is -2.10. The molecule has 0 saturated heterocycles. The first-order valence-electron chi connectivity index (χ1n) is 11.2. The van der Waals surface area contributed by atoms with E-state index in [1.807, 2.05) is 0 Å². The SMILES string of the molecule is Cc1ccc(F)c(NC(=O)Nc2ccc(Oc3ccnc(-c4cc(C(=O)N=[SH](C)(C)O)c[nH]4)c3)cc2)c1. The van der Waals surface area contributed by atoms with Crippen molar-refractivity contribution in [3.05, 3.63) is 90.0 Å². The number of nitrogens with zero attached hydrogens (tertiary/aromatic N) is 2. The Morgan fingerprint density at radius 3 is 2.51 bits per heavy atom. The molecule has 0 fully saturated rings. The summed E-state index contributed by atoms with van der Waals surface area (Å²) in [5.41, 5.74) is 2.88. The van der Waals surface area contributed by atoms with Gasteiger partial charge in [0.25, 0.3) is 5.91 Å². The van der Waals surface area contributed by atoms with Gasteiger partial charge in [-0.25, -0.2) is 9.18 Å². The Balaban J connectivity index is 1.40. The van der Waals surface area contributed by atoms with E-state index in [-0.39, 0.29) is 5.69 Å². The van der Waals surface area contributed by atoms with E-state index in [9.17, 15) is 18.5 Å². The van der Waals surface area contributed by atoms with Crippen molar-refractivity contribution in [3.8, 4) is 22.9 Å². The molecule has 0 unspecified atom stereocenters. The summed E-state index contributed by atoms with van der Waals surface area (Å²) < 4.78 is 33.4. The molecule has 0 bridgehead atoms. The van der Waals surface area contributed by atoms with Crippen LogP contribution in [0.15, 0.2) is 77.4 Å². The Hall–Kier alpha value is -4.35. The third-order valence-corrected chi connectivity index (χ3v) is 5.66. The molecule has 0 atom stereocenters. The molecule has 37 heavy (non-hydrogen) atoms. The summed E-state index contributed by atoms with van der Waals surface area (Å²) >= 11 is 0. The van der Waals surface area contributed by atoms with Gasteiger partial charge in [-0.1, -0.05) is 6.07 Å². The monoisotopic (exact) mass is 523 g/mol. The fraction of sp³-hybridized carbons (Fsp3) is 0.115. The van der Waals surface area contributed by atoms with E-state index in [1.54, 1.807) is 67.7 Å². The Morgan fingerprint density at radius 2 is 1.78 bits per heavy atom. The molecule has 0 aliphatic rings. The number of carbonyl (C=O) groups is 2. The van der Waals surface area contributed by atoms with Crippen molar-refractivity contribution in [2.45, 2.75) is 6.92 Å². The summed E-state index contributed by atoms with van der Waals surface area (Å²) in [6.45, 7) is 1.81. The van der Waals surface area contributed by atoms with Crippen molar-refractivity contribution in [2.75, 3.05) is 23.1 Å². The van der Waals surface area contributed by atoms with E-state index in [1.165, 1.54) is 24.8 Å². The normalized spacial score (nSPS) is 11.5. The van der Waals surface area contributed by atoms with E-state index in [0.717, 1.165) is 5.56 Å². The molecule has 2 aromatic carbocycles. The maximum absolute atomic E-state index is 13.9. The number of carbonyl (C=O) groups excluding carboxylic acids is 2. The highest BCUT2D eigenvalue weighted by molar-refractivity contribution is 7.98. The van der Waals surface area contributed by atoms with Gasteiger partial charge < -0.3 is 24.9 Å². The zero-order chi connectivity index (χ0) is 26.6. The minimum atomic E-state index is -2.59. The maximum Gasteiger partial charge on any atom is 0.323 e. The lowest BCUT2D eigenvalue weighted by atomic mass is 10.2. The quantitative estimate of drug-likeness (QED) is 0.201. The van der Waals surface area contributed by atoms with Crippen molar-refractivity contribution in [1.29, 1.82) is 0 Å². The van der Waals surface area contributed by atoms with E-state index in [4.69, 9.17) is 4.74 Å². The van der Waals surface area contributed by atoms with Crippen LogP contribution in [0.1, 0.15) is 15.9 Å². The molecule has 4 aromatic rings. The number of rotatable bonds is 6. The van der Waals surface area contributed by atoms with Crippen LogP contribution in [0.25, 0.3) is 11.4 Å². The van der Waals surface area contributed by atoms with Crippen LogP contribution < -0.4 is 15.4 Å². The van der Waals surface area contributed by atoms with Gasteiger partial charge in [-0.3, -0.25) is 9.78 Å². The summed E-state index contributed by atoms with van der Waals surface area (Å²) in [7, 11) is -2.59. The number of amides is 3. The molecule has 0 aliphatic carbocycles. The minimum Gasteiger partial charge on any atom is -0.457 e. The fourth-order valence-corrected chi connectivity index (χ4v) is 3.89. The van der Waals surface area contributed by atoms with E-state index >= 15 is 0 Å². The van der Waals surface area contributed by atoms with Gasteiger partial charge in [-0.2, -0.15) is 4.36 Å². The summed E-state index contributed by atoms with van der Waals surface area (Å²) in [5.74, 6) is 0.00653. The van der Waals surface area contributed by atoms with Crippen LogP contribution in [0.2, 0.25) is 0 Å². The lowest BCUT2D eigenvalue weighted by Crippen LogP contribution is -2.20. The maximum atomic E-state index is 13.9. The number of benzene rings is 2. The molecular formula is C26H26FN5O4S. The number of aromatic nitrogens is 2. The number of hydrogen-bond acceptors (Lipinski definition) is 4. The number of aromatic amines is 1. The zero-order valence-corrected chi connectivity index (χ0v) is 21.2. The Kier molecular flexibility index (Phi) is 7.46. The molecule has 0 radical (unpaired) electrons. The molecule has 2 heterocycles. The second-order valence-electron chi connectivity index (χ2n) is 8.61. The zero-order valence-electron chi connectivity index (χ0n) is 20.3. The number of aryl methyl sites for hydroxylation is 1. The first-order valence-corrected chi connectivity index (χ1v) is 13.8. The molecule has 0 aliphatic heterocycles. The van der Waals surface area contributed by atoms with Gasteiger partial charge in [-0.15, -0.1) is 10.1 Å². The van der Waals surface area contributed by atoms with Crippen molar-refractivity contribution >= 4 is 33.4 Å². The molecule has 9 nitrogen and oxygen atoms in total. The number of nitrogens with one attached hydrogen (secondary N) is 3. The number of H-pyrrole nitrogens is 1. The predicted octanol–water partition coefficient (Wildman–Crippen LogP) is 5.90. The van der Waals surface area contributed by atoms with E-state index in [2.05, 4.69) is 25.0 Å². The van der Waals surface area contributed by atoms with Gasteiger partial charge in [0.05, 0.1) is 22.6 Å². The average molecular weight is 524 g/mol. The number of ether oxygens (including phenoxy) is 1. The number of thiol groups is 1. The van der Waals surface area contributed by atoms with Crippen molar-refractivity contribution in [3.63, 3.8) is 0 Å². The molecule has 3 amide bonds. The Labute approximate surface area is 214 Å². The second-order valence-corrected chi connectivity index (χ2v) is 11.5. The molecule has 192 valence electrons. The van der Waals surface area contributed by atoms with Crippen molar-refractivity contribution in [1.82, 2.24) is 9.97 Å².